The fraction of sp³-hybridized carbons (Fsp3) is 0.300. The summed E-state index contributed by atoms with van der Waals surface area (Å²) in [5.74, 6) is -0.581. The first kappa shape index (κ1) is 20.3. The van der Waals surface area contributed by atoms with Crippen molar-refractivity contribution in [3.05, 3.63) is 63.6 Å². The molecule has 0 atom stereocenters. The van der Waals surface area contributed by atoms with Crippen LogP contribution >= 0.6 is 23.2 Å². The summed E-state index contributed by atoms with van der Waals surface area (Å²) < 4.78 is 0. The van der Waals surface area contributed by atoms with E-state index in [2.05, 4.69) is 12.2 Å². The van der Waals surface area contributed by atoms with E-state index in [1.54, 1.807) is 37.4 Å². The number of carbonyl (C=O) groups excluding carboxylic acids is 2. The largest absolute Gasteiger partial charge is 0.332 e. The maximum Gasteiger partial charge on any atom is 0.254 e. The van der Waals surface area contributed by atoms with Crippen molar-refractivity contribution in [1.82, 2.24) is 4.90 Å². The molecular formula is C20H22Cl2N2O2. The molecule has 0 saturated carbocycles. The van der Waals surface area contributed by atoms with Crippen LogP contribution in [-0.2, 0) is 11.2 Å². The molecular weight excluding hydrogens is 371 g/mol. The molecule has 0 heterocycles. The predicted molar refractivity (Wildman–Crippen MR) is 107 cm³/mol. The Hall–Kier alpha value is -2.04. The lowest BCUT2D eigenvalue weighted by molar-refractivity contribution is -0.116. The van der Waals surface area contributed by atoms with E-state index in [4.69, 9.17) is 23.2 Å². The van der Waals surface area contributed by atoms with Gasteiger partial charge in [-0.1, -0.05) is 54.7 Å². The first-order valence-electron chi connectivity index (χ1n) is 8.50. The molecule has 2 amide bonds. The quantitative estimate of drug-likeness (QED) is 0.716. The lowest BCUT2D eigenvalue weighted by Gasteiger charge is -2.18. The third-order valence-electron chi connectivity index (χ3n) is 3.97. The van der Waals surface area contributed by atoms with Crippen LogP contribution in [0.15, 0.2) is 42.5 Å². The molecule has 26 heavy (non-hydrogen) atoms. The Bertz CT molecular complexity index is 756. The van der Waals surface area contributed by atoms with Gasteiger partial charge in [-0.05, 0) is 42.7 Å². The number of hydrogen-bond acceptors (Lipinski definition) is 2. The predicted octanol–water partition coefficient (Wildman–Crippen LogP) is 5.05. The molecule has 2 aromatic rings. The molecule has 0 aliphatic carbocycles. The van der Waals surface area contributed by atoms with Crippen LogP contribution in [-0.4, -0.2) is 30.3 Å². The number of likely N-dealkylation sites (N-methyl/N-ethyl adjacent to an activating group) is 1. The van der Waals surface area contributed by atoms with Crippen LogP contribution in [0.4, 0.5) is 5.69 Å². The average Bonchev–Trinajstić information content (AvgIpc) is 2.63. The van der Waals surface area contributed by atoms with Gasteiger partial charge in [-0.3, -0.25) is 9.59 Å². The standard InChI is InChI=1S/C20H22Cl2N2O2/c1-3-4-6-14-9-11-15(12-10-14)20(26)24(2)13-18(25)23-19-16(21)7-5-8-17(19)22/h5,7-12H,3-4,6,13H2,1-2H3,(H,23,25). The Morgan fingerprint density at radius 3 is 2.23 bits per heavy atom. The summed E-state index contributed by atoms with van der Waals surface area (Å²) in [6.07, 6.45) is 3.26. The van der Waals surface area contributed by atoms with Crippen molar-refractivity contribution >= 4 is 40.7 Å². The molecule has 0 aromatic heterocycles. The molecule has 1 N–H and O–H groups in total. The summed E-state index contributed by atoms with van der Waals surface area (Å²) in [5, 5.41) is 3.35. The molecule has 138 valence electrons. The number of unbranched alkanes of at least 4 members (excludes halogenated alkanes) is 1. The first-order chi connectivity index (χ1) is 12.4. The van der Waals surface area contributed by atoms with Gasteiger partial charge < -0.3 is 10.2 Å². The fourth-order valence-corrected chi connectivity index (χ4v) is 2.99. The number of nitrogens with zero attached hydrogens (tertiary/aromatic N) is 1. The molecule has 0 unspecified atom stereocenters. The summed E-state index contributed by atoms with van der Waals surface area (Å²) in [6, 6.07) is 12.5. The van der Waals surface area contributed by atoms with Gasteiger partial charge in [-0.25, -0.2) is 0 Å². The van der Waals surface area contributed by atoms with Crippen molar-refractivity contribution in [2.45, 2.75) is 26.2 Å². The zero-order chi connectivity index (χ0) is 19.1. The van der Waals surface area contributed by atoms with Gasteiger partial charge in [0.1, 0.15) is 0 Å². The van der Waals surface area contributed by atoms with Crippen LogP contribution < -0.4 is 5.32 Å². The zero-order valence-electron chi connectivity index (χ0n) is 14.9. The molecule has 6 heteroatoms. The minimum absolute atomic E-state index is 0.0992. The molecule has 4 nitrogen and oxygen atoms in total. The van der Waals surface area contributed by atoms with Crippen LogP contribution in [0.3, 0.4) is 0 Å². The summed E-state index contributed by atoms with van der Waals surface area (Å²) in [7, 11) is 1.58. The molecule has 0 aliphatic heterocycles. The molecule has 0 spiro atoms. The van der Waals surface area contributed by atoms with Gasteiger partial charge in [0.15, 0.2) is 0 Å². The SMILES string of the molecule is CCCCc1ccc(C(=O)N(C)CC(=O)Nc2c(Cl)cccc2Cl)cc1. The van der Waals surface area contributed by atoms with Crippen molar-refractivity contribution in [2.24, 2.45) is 0 Å². The van der Waals surface area contributed by atoms with Crippen molar-refractivity contribution < 1.29 is 9.59 Å². The number of amides is 2. The number of hydrogen-bond donors (Lipinski definition) is 1. The number of halogens is 2. The van der Waals surface area contributed by atoms with Gasteiger partial charge in [0, 0.05) is 12.6 Å². The smallest absolute Gasteiger partial charge is 0.254 e. The van der Waals surface area contributed by atoms with E-state index in [1.807, 2.05) is 12.1 Å². The average molecular weight is 393 g/mol. The Morgan fingerprint density at radius 1 is 1.04 bits per heavy atom. The third kappa shape index (κ3) is 5.48. The number of carbonyl (C=O) groups is 2. The van der Waals surface area contributed by atoms with Gasteiger partial charge in [0.2, 0.25) is 5.91 Å². The van der Waals surface area contributed by atoms with Crippen LogP contribution in [0.2, 0.25) is 10.0 Å². The van der Waals surface area contributed by atoms with Crippen LogP contribution in [0.5, 0.6) is 0 Å². The molecule has 0 aliphatic rings. The molecule has 0 fully saturated rings. The van der Waals surface area contributed by atoms with E-state index in [0.29, 0.717) is 21.3 Å². The summed E-state index contributed by atoms with van der Waals surface area (Å²) in [4.78, 5) is 26.1. The second kappa shape index (κ2) is 9.60. The number of anilines is 1. The van der Waals surface area contributed by atoms with E-state index in [0.717, 1.165) is 19.3 Å². The first-order valence-corrected chi connectivity index (χ1v) is 9.26. The van der Waals surface area contributed by atoms with E-state index in [9.17, 15) is 9.59 Å². The summed E-state index contributed by atoms with van der Waals surface area (Å²) in [6.45, 7) is 2.05. The molecule has 0 saturated heterocycles. The number of rotatable bonds is 7. The highest BCUT2D eigenvalue weighted by molar-refractivity contribution is 6.39. The Balaban J connectivity index is 1.96. The molecule has 2 aromatic carbocycles. The van der Waals surface area contributed by atoms with Gasteiger partial charge >= 0.3 is 0 Å². The molecule has 0 radical (unpaired) electrons. The van der Waals surface area contributed by atoms with Crippen molar-refractivity contribution in [3.8, 4) is 0 Å². The topological polar surface area (TPSA) is 49.4 Å². The van der Waals surface area contributed by atoms with Gasteiger partial charge in [0.05, 0.1) is 22.3 Å². The van der Waals surface area contributed by atoms with E-state index in [-0.39, 0.29) is 18.4 Å². The molecule has 2 rings (SSSR count). The summed E-state index contributed by atoms with van der Waals surface area (Å²) in [5.41, 5.74) is 2.11. The highest BCUT2D eigenvalue weighted by atomic mass is 35.5. The van der Waals surface area contributed by atoms with Crippen LogP contribution in [0, 0.1) is 0 Å². The van der Waals surface area contributed by atoms with Gasteiger partial charge in [-0.15, -0.1) is 0 Å². The number of benzene rings is 2. The van der Waals surface area contributed by atoms with Gasteiger partial charge in [0.25, 0.3) is 5.91 Å². The monoisotopic (exact) mass is 392 g/mol. The van der Waals surface area contributed by atoms with Gasteiger partial charge in [-0.2, -0.15) is 0 Å². The number of nitrogens with one attached hydrogen (secondary N) is 1. The maximum absolute atomic E-state index is 12.5. The van der Waals surface area contributed by atoms with Crippen molar-refractivity contribution in [3.63, 3.8) is 0 Å². The van der Waals surface area contributed by atoms with Crippen molar-refractivity contribution in [2.75, 3.05) is 18.9 Å². The van der Waals surface area contributed by atoms with Crippen LogP contribution in [0.1, 0.15) is 35.7 Å². The highest BCUT2D eigenvalue weighted by Gasteiger charge is 2.16. The van der Waals surface area contributed by atoms with E-state index in [1.165, 1.54) is 10.5 Å². The third-order valence-corrected chi connectivity index (χ3v) is 4.60. The fourth-order valence-electron chi connectivity index (χ4n) is 2.50. The Morgan fingerprint density at radius 2 is 1.65 bits per heavy atom. The van der Waals surface area contributed by atoms with E-state index < -0.39 is 0 Å². The molecule has 0 bridgehead atoms. The minimum atomic E-state index is -0.365. The lowest BCUT2D eigenvalue weighted by Crippen LogP contribution is -2.35. The second-order valence-corrected chi connectivity index (χ2v) is 6.92. The number of para-hydroxylation sites is 1. The minimum Gasteiger partial charge on any atom is -0.332 e. The summed E-state index contributed by atoms with van der Waals surface area (Å²) >= 11 is 12.1. The zero-order valence-corrected chi connectivity index (χ0v) is 16.4. The van der Waals surface area contributed by atoms with Crippen molar-refractivity contribution in [1.29, 1.82) is 0 Å². The normalized spacial score (nSPS) is 10.5. The van der Waals surface area contributed by atoms with Crippen LogP contribution in [0.25, 0.3) is 0 Å². The highest BCUT2D eigenvalue weighted by Crippen LogP contribution is 2.29. The lowest BCUT2D eigenvalue weighted by atomic mass is 10.1. The number of aryl methyl sites for hydroxylation is 1. The maximum atomic E-state index is 12.5. The Labute approximate surface area is 164 Å². The van der Waals surface area contributed by atoms with E-state index >= 15 is 0 Å². The Kier molecular flexibility index (Phi) is 7.49. The second-order valence-electron chi connectivity index (χ2n) is 6.11.